The molecule has 0 bridgehead atoms. The van der Waals surface area contributed by atoms with Gasteiger partial charge in [0.05, 0.1) is 0 Å². The first-order chi connectivity index (χ1) is 22.8. The fraction of sp³-hybridized carbons (Fsp3) is 0.0870. The van der Waals surface area contributed by atoms with Crippen molar-refractivity contribution in [2.24, 2.45) is 0 Å². The van der Waals surface area contributed by atoms with Crippen LogP contribution in [-0.4, -0.2) is 0 Å². The standard InChI is InChI=1S/C46H32/c1-3-11-30(12-4-1)45-37-25-23-33-17-7-15-29-16-8-18-34(43(29)33)24-26-38(37)46(31-13-5-2-6-14-31)42-28-40-36-22-10-20-32-19-9-21-35(44(32)36)39(40)27-41(42)45/h1,3,5,7-11,13-28H,2,4,6,12H2. The fourth-order valence-electron chi connectivity index (χ4n) is 8.45. The van der Waals surface area contributed by atoms with Crippen LogP contribution in [0.4, 0.5) is 0 Å². The van der Waals surface area contributed by atoms with Crippen LogP contribution in [0.15, 0.2) is 146 Å². The van der Waals surface area contributed by atoms with Crippen molar-refractivity contribution in [3.63, 3.8) is 0 Å². The minimum atomic E-state index is 1.04. The SMILES string of the molecule is C1=CCCC(c2c3ccc4cccc5cccc(ccc3c(C3=CCCC=C3)c3cc6c(cc23)c2cccc3cccc6c32)c54)=C1. The molecule has 0 aliphatic heterocycles. The molecule has 46 heavy (non-hydrogen) atoms. The zero-order valence-electron chi connectivity index (χ0n) is 25.7. The molecule has 2 aliphatic rings. The maximum absolute atomic E-state index is 2.53. The molecule has 0 heteroatoms. The second-order valence-corrected chi connectivity index (χ2v) is 13.0. The Morgan fingerprint density at radius 1 is 0.413 bits per heavy atom. The first-order valence-corrected chi connectivity index (χ1v) is 16.6. The molecular weight excluding hydrogens is 553 g/mol. The zero-order valence-corrected chi connectivity index (χ0v) is 25.7. The Kier molecular flexibility index (Phi) is 5.63. The van der Waals surface area contributed by atoms with Crippen molar-refractivity contribution in [2.75, 3.05) is 0 Å². The van der Waals surface area contributed by atoms with Crippen molar-refractivity contribution in [3.05, 3.63) is 157 Å². The van der Waals surface area contributed by atoms with Gasteiger partial charge in [-0.2, -0.15) is 0 Å². The molecule has 0 fully saturated rings. The van der Waals surface area contributed by atoms with Gasteiger partial charge in [0.25, 0.3) is 0 Å². The lowest BCUT2D eigenvalue weighted by atomic mass is 9.83. The van der Waals surface area contributed by atoms with Gasteiger partial charge in [0.15, 0.2) is 0 Å². The van der Waals surface area contributed by atoms with Gasteiger partial charge in [-0.05, 0) is 135 Å². The fourth-order valence-corrected chi connectivity index (χ4v) is 8.45. The van der Waals surface area contributed by atoms with Crippen molar-refractivity contribution in [1.82, 2.24) is 0 Å². The number of fused-ring (bicyclic) bond motifs is 5. The van der Waals surface area contributed by atoms with Crippen LogP contribution in [0, 0.1) is 0 Å². The lowest BCUT2D eigenvalue weighted by molar-refractivity contribution is 1.04. The molecule has 0 heterocycles. The molecule has 10 rings (SSSR count). The van der Waals surface area contributed by atoms with Crippen LogP contribution in [0.25, 0.3) is 86.6 Å². The van der Waals surface area contributed by atoms with Crippen molar-refractivity contribution < 1.29 is 0 Å². The molecule has 0 atom stereocenters. The smallest absolute Gasteiger partial charge is 0.00264 e. The van der Waals surface area contributed by atoms with E-state index in [4.69, 9.17) is 0 Å². The summed E-state index contributed by atoms with van der Waals surface area (Å²) < 4.78 is 0. The van der Waals surface area contributed by atoms with Crippen molar-refractivity contribution >= 4 is 86.6 Å². The summed E-state index contributed by atoms with van der Waals surface area (Å²) in [6, 6.07) is 41.6. The van der Waals surface area contributed by atoms with Crippen molar-refractivity contribution in [2.45, 2.75) is 25.7 Å². The van der Waals surface area contributed by atoms with Gasteiger partial charge in [-0.3, -0.25) is 0 Å². The predicted octanol–water partition coefficient (Wildman–Crippen LogP) is 13.2. The number of rotatable bonds is 2. The second-order valence-electron chi connectivity index (χ2n) is 13.0. The van der Waals surface area contributed by atoms with Gasteiger partial charge in [0.2, 0.25) is 0 Å². The van der Waals surface area contributed by atoms with E-state index in [0.717, 1.165) is 25.7 Å². The lowest BCUT2D eigenvalue weighted by Crippen LogP contribution is -1.97. The van der Waals surface area contributed by atoms with Crippen LogP contribution in [-0.2, 0) is 0 Å². The van der Waals surface area contributed by atoms with Gasteiger partial charge in [0.1, 0.15) is 0 Å². The summed E-state index contributed by atoms with van der Waals surface area (Å²) >= 11 is 0. The third-order valence-electron chi connectivity index (χ3n) is 10.5. The van der Waals surface area contributed by atoms with Gasteiger partial charge in [-0.15, -0.1) is 0 Å². The Bertz CT molecular complexity index is 2680. The molecule has 0 saturated carbocycles. The normalized spacial score (nSPS) is 15.1. The van der Waals surface area contributed by atoms with Crippen LogP contribution < -0.4 is 0 Å². The van der Waals surface area contributed by atoms with Crippen LogP contribution in [0.5, 0.6) is 0 Å². The first-order valence-electron chi connectivity index (χ1n) is 16.6. The minimum Gasteiger partial charge on any atom is -0.0842 e. The Morgan fingerprint density at radius 3 is 1.61 bits per heavy atom. The zero-order chi connectivity index (χ0) is 30.2. The van der Waals surface area contributed by atoms with Crippen LogP contribution in [0.1, 0.15) is 36.8 Å². The van der Waals surface area contributed by atoms with E-state index in [-0.39, 0.29) is 0 Å². The third kappa shape index (κ3) is 3.74. The molecule has 0 unspecified atom stereocenters. The second kappa shape index (κ2) is 10.0. The molecule has 0 radical (unpaired) electrons. The van der Waals surface area contributed by atoms with E-state index in [9.17, 15) is 0 Å². The van der Waals surface area contributed by atoms with Gasteiger partial charge in [-0.1, -0.05) is 134 Å². The minimum absolute atomic E-state index is 1.04. The van der Waals surface area contributed by atoms with Crippen LogP contribution in [0.2, 0.25) is 0 Å². The maximum Gasteiger partial charge on any atom is -0.00264 e. The number of hydrogen-bond donors (Lipinski definition) is 0. The van der Waals surface area contributed by atoms with Crippen molar-refractivity contribution in [3.8, 4) is 0 Å². The van der Waals surface area contributed by atoms with Gasteiger partial charge >= 0.3 is 0 Å². The van der Waals surface area contributed by atoms with Crippen LogP contribution >= 0.6 is 0 Å². The van der Waals surface area contributed by atoms with Gasteiger partial charge < -0.3 is 0 Å². The highest BCUT2D eigenvalue weighted by Crippen LogP contribution is 2.47. The highest BCUT2D eigenvalue weighted by molar-refractivity contribution is 6.33. The Morgan fingerprint density at radius 2 is 1.00 bits per heavy atom. The summed E-state index contributed by atoms with van der Waals surface area (Å²) in [5.74, 6) is 0. The molecule has 0 spiro atoms. The summed E-state index contributed by atoms with van der Waals surface area (Å²) in [6.07, 6.45) is 18.4. The Hall–Kier alpha value is -5.46. The van der Waals surface area contributed by atoms with Gasteiger partial charge in [-0.25, -0.2) is 0 Å². The summed E-state index contributed by atoms with van der Waals surface area (Å²) in [5, 5.41) is 18.6. The average molecular weight is 585 g/mol. The summed E-state index contributed by atoms with van der Waals surface area (Å²) in [7, 11) is 0. The number of benzene rings is 6. The molecule has 2 aliphatic carbocycles. The molecule has 0 amide bonds. The van der Waals surface area contributed by atoms with Gasteiger partial charge in [0, 0.05) is 0 Å². The van der Waals surface area contributed by atoms with E-state index in [2.05, 4.69) is 146 Å². The monoisotopic (exact) mass is 584 g/mol. The van der Waals surface area contributed by atoms with E-state index in [1.165, 1.54) is 97.7 Å². The highest BCUT2D eigenvalue weighted by atomic mass is 14.2. The summed E-state index contributed by atoms with van der Waals surface area (Å²) in [4.78, 5) is 0. The summed E-state index contributed by atoms with van der Waals surface area (Å²) in [6.45, 7) is 0. The lowest BCUT2D eigenvalue weighted by Gasteiger charge is -2.21. The molecule has 216 valence electrons. The molecule has 0 N–H and O–H groups in total. The number of hydrogen-bond acceptors (Lipinski definition) is 0. The topological polar surface area (TPSA) is 0 Å². The van der Waals surface area contributed by atoms with Crippen LogP contribution in [0.3, 0.4) is 0 Å². The van der Waals surface area contributed by atoms with E-state index in [0.29, 0.717) is 0 Å². The van der Waals surface area contributed by atoms with E-state index >= 15 is 0 Å². The summed E-state index contributed by atoms with van der Waals surface area (Å²) in [5.41, 5.74) is 5.48. The third-order valence-corrected chi connectivity index (χ3v) is 10.5. The highest BCUT2D eigenvalue weighted by Gasteiger charge is 2.21. The van der Waals surface area contributed by atoms with E-state index in [1.807, 2.05) is 0 Å². The predicted molar refractivity (Wildman–Crippen MR) is 202 cm³/mol. The molecule has 0 nitrogen and oxygen atoms in total. The Balaban J connectivity index is 1.49. The average Bonchev–Trinajstić information content (AvgIpc) is 3.46. The van der Waals surface area contributed by atoms with Crippen molar-refractivity contribution in [1.29, 1.82) is 0 Å². The first kappa shape index (κ1) is 25.8. The number of allylic oxidation sites excluding steroid dienone is 8. The largest absolute Gasteiger partial charge is 0.0842 e. The van der Waals surface area contributed by atoms with E-state index in [1.54, 1.807) is 0 Å². The Labute approximate surface area is 268 Å². The quantitative estimate of drug-likeness (QED) is 0.190. The van der Waals surface area contributed by atoms with E-state index < -0.39 is 0 Å². The molecule has 8 aromatic carbocycles. The molecule has 8 aromatic rings. The maximum atomic E-state index is 2.53. The molecule has 0 saturated heterocycles. The molecule has 0 aromatic heterocycles. The molecular formula is C46H32.